The van der Waals surface area contributed by atoms with Crippen LogP contribution in [0.25, 0.3) is 0 Å². The average Bonchev–Trinajstić information content (AvgIpc) is 2.19. The zero-order valence-corrected chi connectivity index (χ0v) is 11.9. The monoisotopic (exact) mass is 217 g/mol. The zero-order valence-electron chi connectivity index (χ0n) is 8.82. The molecule has 0 N–H and O–H groups in total. The molecule has 0 aliphatic rings. The van der Waals surface area contributed by atoms with Crippen molar-refractivity contribution in [1.82, 2.24) is 0 Å². The number of carbonyl (C=O) groups is 1. The Labute approximate surface area is 127 Å². The fraction of sp³-hybridized carbons (Fsp3) is 0.364. The van der Waals surface area contributed by atoms with Gasteiger partial charge in [-0.25, -0.2) is 4.79 Å². The van der Waals surface area contributed by atoms with E-state index in [1.807, 2.05) is 18.2 Å². The van der Waals surface area contributed by atoms with Gasteiger partial charge in [-0.1, -0.05) is 31.5 Å². The summed E-state index contributed by atoms with van der Waals surface area (Å²) >= 11 is 0. The second-order valence-electron chi connectivity index (χ2n) is 2.86. The Morgan fingerprint density at radius 1 is 1.29 bits per heavy atom. The summed E-state index contributed by atoms with van der Waals surface area (Å²) in [6, 6.07) is 9.05. The molecule has 0 spiro atoms. The third-order valence-electron chi connectivity index (χ3n) is 1.74. The van der Waals surface area contributed by atoms with Gasteiger partial charge in [0.1, 0.15) is 0 Å². The van der Waals surface area contributed by atoms with Crippen molar-refractivity contribution in [2.24, 2.45) is 0 Å². The first-order valence-electron chi connectivity index (χ1n) is 4.56. The van der Waals surface area contributed by atoms with Crippen LogP contribution in [-0.2, 0) is 4.74 Å². The fourth-order valence-corrected chi connectivity index (χ4v) is 0.967. The SMILES string of the molecule is CCCCOC(=O)c1ccccc1.[K]. The molecule has 0 bridgehead atoms. The Morgan fingerprint density at radius 2 is 1.93 bits per heavy atom. The third kappa shape index (κ3) is 5.27. The number of ether oxygens (including phenoxy) is 1. The van der Waals surface area contributed by atoms with Gasteiger partial charge in [-0.05, 0) is 18.6 Å². The standard InChI is InChI=1S/C11H14O2.K/c1-2-3-9-13-11(12)10-7-5-4-6-8-10;/h4-8H,2-3,9H2,1H3;. The van der Waals surface area contributed by atoms with Crippen molar-refractivity contribution in [3.05, 3.63) is 35.9 Å². The fourth-order valence-electron chi connectivity index (χ4n) is 0.967. The molecule has 0 aromatic heterocycles. The van der Waals surface area contributed by atoms with Gasteiger partial charge in [0.2, 0.25) is 0 Å². The number of unbranched alkanes of at least 4 members (excludes halogenated alkanes) is 1. The Balaban J connectivity index is 0.00000169. The minimum atomic E-state index is -0.228. The van der Waals surface area contributed by atoms with E-state index in [0.29, 0.717) is 12.2 Å². The molecule has 14 heavy (non-hydrogen) atoms. The molecule has 0 aliphatic heterocycles. The van der Waals surface area contributed by atoms with Gasteiger partial charge < -0.3 is 4.74 Å². The molecule has 1 rings (SSSR count). The quantitative estimate of drug-likeness (QED) is 0.439. The molecular weight excluding hydrogens is 203 g/mol. The second kappa shape index (κ2) is 8.62. The van der Waals surface area contributed by atoms with Crippen LogP contribution in [0.3, 0.4) is 0 Å². The first-order chi connectivity index (χ1) is 6.34. The number of esters is 1. The van der Waals surface area contributed by atoms with E-state index in [9.17, 15) is 4.79 Å². The van der Waals surface area contributed by atoms with Gasteiger partial charge in [0, 0.05) is 51.4 Å². The molecule has 71 valence electrons. The molecule has 0 heterocycles. The van der Waals surface area contributed by atoms with E-state index in [2.05, 4.69) is 6.92 Å². The van der Waals surface area contributed by atoms with Gasteiger partial charge in [-0.2, -0.15) is 0 Å². The van der Waals surface area contributed by atoms with Crippen molar-refractivity contribution in [3.8, 4) is 0 Å². The molecule has 0 saturated heterocycles. The Hall–Kier alpha value is 0.326. The van der Waals surface area contributed by atoms with Crippen molar-refractivity contribution >= 4 is 57.4 Å². The molecule has 2 nitrogen and oxygen atoms in total. The van der Waals surface area contributed by atoms with Crippen LogP contribution in [0.2, 0.25) is 0 Å². The number of rotatable bonds is 4. The summed E-state index contributed by atoms with van der Waals surface area (Å²) in [5, 5.41) is 0. The van der Waals surface area contributed by atoms with E-state index in [0.717, 1.165) is 12.8 Å². The molecule has 0 fully saturated rings. The maximum absolute atomic E-state index is 11.3. The molecule has 1 aromatic carbocycles. The maximum atomic E-state index is 11.3. The number of carbonyl (C=O) groups excluding carboxylic acids is 1. The summed E-state index contributed by atoms with van der Waals surface area (Å²) in [6.45, 7) is 2.58. The van der Waals surface area contributed by atoms with E-state index in [-0.39, 0.29) is 57.4 Å². The topological polar surface area (TPSA) is 26.3 Å². The first-order valence-corrected chi connectivity index (χ1v) is 4.56. The number of hydrogen-bond acceptors (Lipinski definition) is 2. The van der Waals surface area contributed by atoms with Gasteiger partial charge in [-0.15, -0.1) is 0 Å². The Bertz CT molecular complexity index is 259. The Morgan fingerprint density at radius 3 is 2.50 bits per heavy atom. The Kier molecular flexibility index (Phi) is 8.82. The van der Waals surface area contributed by atoms with Crippen LogP contribution in [-0.4, -0.2) is 64.0 Å². The van der Waals surface area contributed by atoms with Crippen LogP contribution in [0.5, 0.6) is 0 Å². The number of hydrogen-bond donors (Lipinski definition) is 0. The molecule has 0 atom stereocenters. The minimum Gasteiger partial charge on any atom is -0.462 e. The summed E-state index contributed by atoms with van der Waals surface area (Å²) < 4.78 is 5.03. The van der Waals surface area contributed by atoms with Gasteiger partial charge in [0.25, 0.3) is 0 Å². The van der Waals surface area contributed by atoms with Crippen LogP contribution in [0.4, 0.5) is 0 Å². The first kappa shape index (κ1) is 14.3. The van der Waals surface area contributed by atoms with Crippen LogP contribution < -0.4 is 0 Å². The molecule has 0 amide bonds. The molecule has 0 unspecified atom stereocenters. The summed E-state index contributed by atoms with van der Waals surface area (Å²) in [5.41, 5.74) is 0.624. The molecular formula is C11H14KO2. The van der Waals surface area contributed by atoms with Crippen molar-refractivity contribution in [2.45, 2.75) is 19.8 Å². The normalized spacial score (nSPS) is 8.93. The van der Waals surface area contributed by atoms with Crippen LogP contribution >= 0.6 is 0 Å². The third-order valence-corrected chi connectivity index (χ3v) is 1.74. The molecule has 3 heteroatoms. The number of benzene rings is 1. The van der Waals surface area contributed by atoms with Crippen molar-refractivity contribution in [2.75, 3.05) is 6.61 Å². The second-order valence-corrected chi connectivity index (χ2v) is 2.86. The van der Waals surface area contributed by atoms with E-state index in [1.165, 1.54) is 0 Å². The molecule has 0 saturated carbocycles. The van der Waals surface area contributed by atoms with Crippen molar-refractivity contribution < 1.29 is 9.53 Å². The molecule has 0 aliphatic carbocycles. The van der Waals surface area contributed by atoms with E-state index in [4.69, 9.17) is 4.74 Å². The van der Waals surface area contributed by atoms with Crippen LogP contribution in [0.1, 0.15) is 30.1 Å². The van der Waals surface area contributed by atoms with Gasteiger partial charge in [0.05, 0.1) is 12.2 Å². The molecule has 1 aromatic rings. The van der Waals surface area contributed by atoms with Crippen molar-refractivity contribution in [3.63, 3.8) is 0 Å². The minimum absolute atomic E-state index is 0. The summed E-state index contributed by atoms with van der Waals surface area (Å²) in [4.78, 5) is 11.3. The summed E-state index contributed by atoms with van der Waals surface area (Å²) in [6.07, 6.45) is 1.97. The zero-order chi connectivity index (χ0) is 9.52. The van der Waals surface area contributed by atoms with Gasteiger partial charge >= 0.3 is 5.97 Å². The summed E-state index contributed by atoms with van der Waals surface area (Å²) in [5.74, 6) is -0.228. The smallest absolute Gasteiger partial charge is 0.338 e. The van der Waals surface area contributed by atoms with E-state index >= 15 is 0 Å². The maximum Gasteiger partial charge on any atom is 0.338 e. The average molecular weight is 217 g/mol. The van der Waals surface area contributed by atoms with E-state index in [1.54, 1.807) is 12.1 Å². The molecule has 1 radical (unpaired) electrons. The van der Waals surface area contributed by atoms with E-state index < -0.39 is 0 Å². The van der Waals surface area contributed by atoms with Gasteiger partial charge in [0.15, 0.2) is 0 Å². The van der Waals surface area contributed by atoms with Crippen LogP contribution in [0.15, 0.2) is 30.3 Å². The van der Waals surface area contributed by atoms with Gasteiger partial charge in [-0.3, -0.25) is 0 Å². The van der Waals surface area contributed by atoms with Crippen molar-refractivity contribution in [1.29, 1.82) is 0 Å². The van der Waals surface area contributed by atoms with Crippen LogP contribution in [0, 0.1) is 0 Å². The predicted octanol–water partition coefficient (Wildman–Crippen LogP) is 2.26. The predicted molar refractivity (Wildman–Crippen MR) is 57.4 cm³/mol. The largest absolute Gasteiger partial charge is 0.462 e. The summed E-state index contributed by atoms with van der Waals surface area (Å²) in [7, 11) is 0.